The molecule has 9 nitrogen and oxygen atoms in total. The van der Waals surface area contributed by atoms with E-state index in [0.717, 1.165) is 24.1 Å². The number of aromatic nitrogens is 3. The summed E-state index contributed by atoms with van der Waals surface area (Å²) >= 11 is 0. The minimum atomic E-state index is -0.818. The maximum atomic E-state index is 12.9. The molecule has 4 heterocycles. The van der Waals surface area contributed by atoms with E-state index in [1.165, 1.54) is 6.20 Å². The number of amides is 1. The smallest absolute Gasteiger partial charge is 0.255 e. The number of ether oxygens (including phenoxy) is 2. The Morgan fingerprint density at radius 2 is 1.92 bits per heavy atom. The molecule has 182 valence electrons. The molecule has 36 heavy (non-hydrogen) atoms. The molecule has 9 heteroatoms. The van der Waals surface area contributed by atoms with Gasteiger partial charge in [0.2, 0.25) is 5.88 Å². The van der Waals surface area contributed by atoms with Crippen molar-refractivity contribution in [2.45, 2.75) is 45.1 Å². The molecule has 1 saturated heterocycles. The van der Waals surface area contributed by atoms with Crippen LogP contribution < -0.4 is 10.1 Å². The van der Waals surface area contributed by atoms with Gasteiger partial charge >= 0.3 is 0 Å². The number of aryl methyl sites for hydroxylation is 1. The van der Waals surface area contributed by atoms with Gasteiger partial charge in [0.25, 0.3) is 5.91 Å². The molecule has 0 radical (unpaired) electrons. The molecule has 0 atom stereocenters. The van der Waals surface area contributed by atoms with E-state index < -0.39 is 5.41 Å². The third kappa shape index (κ3) is 5.48. The highest BCUT2D eigenvalue weighted by atomic mass is 16.5. The van der Waals surface area contributed by atoms with Crippen LogP contribution in [0.3, 0.4) is 0 Å². The van der Waals surface area contributed by atoms with Gasteiger partial charge in [0, 0.05) is 47.6 Å². The Morgan fingerprint density at radius 1 is 1.14 bits per heavy atom. The maximum absolute atomic E-state index is 12.9. The van der Waals surface area contributed by atoms with E-state index in [0.29, 0.717) is 47.2 Å². The Bertz CT molecular complexity index is 1370. The standard InChI is InChI=1S/C27H26N6O3/c1-17-23(20-10-19(13-28)26(32-14-20)36-22-5-8-35-9-6-22)12-21(15-31-17)33-25(34)18-4-7-30-24(11-18)27(2,3)16-29/h4,7,10-12,14-15,22H,5-6,8-9H2,1-3H3,(H,33,34). The number of hydrogen-bond acceptors (Lipinski definition) is 8. The van der Waals surface area contributed by atoms with Crippen molar-refractivity contribution in [2.75, 3.05) is 18.5 Å². The molecule has 1 fully saturated rings. The Labute approximate surface area is 209 Å². The van der Waals surface area contributed by atoms with Gasteiger partial charge < -0.3 is 14.8 Å². The van der Waals surface area contributed by atoms with Crippen molar-refractivity contribution in [3.05, 3.63) is 65.4 Å². The van der Waals surface area contributed by atoms with Crippen LogP contribution in [-0.2, 0) is 10.2 Å². The van der Waals surface area contributed by atoms with E-state index in [-0.39, 0.29) is 12.0 Å². The Hall–Kier alpha value is -4.34. The first-order chi connectivity index (χ1) is 17.3. The average molecular weight is 483 g/mol. The lowest BCUT2D eigenvalue weighted by Crippen LogP contribution is -2.26. The van der Waals surface area contributed by atoms with Gasteiger partial charge in [-0.2, -0.15) is 10.5 Å². The van der Waals surface area contributed by atoms with Gasteiger partial charge in [-0.25, -0.2) is 4.98 Å². The van der Waals surface area contributed by atoms with Crippen molar-refractivity contribution in [2.24, 2.45) is 0 Å². The summed E-state index contributed by atoms with van der Waals surface area (Å²) in [5.41, 5.74) is 3.04. The summed E-state index contributed by atoms with van der Waals surface area (Å²) in [5.74, 6) is -0.0444. The van der Waals surface area contributed by atoms with Gasteiger partial charge in [0.15, 0.2) is 0 Å². The molecule has 0 saturated carbocycles. The van der Waals surface area contributed by atoms with Gasteiger partial charge in [-0.15, -0.1) is 0 Å². The molecular formula is C27H26N6O3. The molecule has 0 unspecified atom stereocenters. The normalized spacial score (nSPS) is 13.9. The van der Waals surface area contributed by atoms with Gasteiger partial charge in [0.05, 0.1) is 42.3 Å². The molecule has 1 aliphatic heterocycles. The zero-order valence-electron chi connectivity index (χ0n) is 20.4. The first kappa shape index (κ1) is 24.8. The number of nitrogens with one attached hydrogen (secondary N) is 1. The van der Waals surface area contributed by atoms with Gasteiger partial charge in [0.1, 0.15) is 17.7 Å². The highest BCUT2D eigenvalue weighted by Gasteiger charge is 2.23. The van der Waals surface area contributed by atoms with Crippen molar-refractivity contribution in [1.82, 2.24) is 15.0 Å². The number of pyridine rings is 3. The molecule has 3 aromatic rings. The summed E-state index contributed by atoms with van der Waals surface area (Å²) in [6.45, 7) is 6.60. The van der Waals surface area contributed by atoms with E-state index >= 15 is 0 Å². The fourth-order valence-electron chi connectivity index (χ4n) is 3.79. The fourth-order valence-corrected chi connectivity index (χ4v) is 3.79. The summed E-state index contributed by atoms with van der Waals surface area (Å²) in [6, 6.07) is 11.1. The SMILES string of the molecule is Cc1ncc(NC(=O)c2ccnc(C(C)(C)C#N)c2)cc1-c1cnc(OC2CCOCC2)c(C#N)c1. The van der Waals surface area contributed by atoms with Gasteiger partial charge in [-0.1, -0.05) is 0 Å². The molecule has 1 aliphatic rings. The number of nitriles is 2. The Morgan fingerprint density at radius 3 is 2.64 bits per heavy atom. The van der Waals surface area contributed by atoms with Crippen LogP contribution in [0.1, 0.15) is 54.0 Å². The molecule has 3 aromatic heterocycles. The largest absolute Gasteiger partial charge is 0.473 e. The summed E-state index contributed by atoms with van der Waals surface area (Å²) < 4.78 is 11.3. The number of nitrogens with zero attached hydrogens (tertiary/aromatic N) is 5. The molecule has 4 rings (SSSR count). The predicted molar refractivity (Wildman–Crippen MR) is 132 cm³/mol. The predicted octanol–water partition coefficient (Wildman–Crippen LogP) is 4.33. The molecule has 0 aliphatic carbocycles. The third-order valence-corrected chi connectivity index (χ3v) is 6.02. The third-order valence-electron chi connectivity index (χ3n) is 6.02. The quantitative estimate of drug-likeness (QED) is 0.549. The molecular weight excluding hydrogens is 456 g/mol. The Balaban J connectivity index is 1.57. The van der Waals surface area contributed by atoms with Crippen LogP contribution in [0.5, 0.6) is 5.88 Å². The second kappa shape index (κ2) is 10.5. The average Bonchev–Trinajstić information content (AvgIpc) is 2.90. The topological polar surface area (TPSA) is 134 Å². The lowest BCUT2D eigenvalue weighted by Gasteiger charge is -2.23. The Kier molecular flexibility index (Phi) is 7.23. The van der Waals surface area contributed by atoms with E-state index in [9.17, 15) is 15.3 Å². The number of rotatable bonds is 6. The highest BCUT2D eigenvalue weighted by Crippen LogP contribution is 2.29. The van der Waals surface area contributed by atoms with Crippen LogP contribution in [0.25, 0.3) is 11.1 Å². The van der Waals surface area contributed by atoms with E-state index in [1.54, 1.807) is 50.5 Å². The first-order valence-electron chi connectivity index (χ1n) is 11.6. The fraction of sp³-hybridized carbons (Fsp3) is 0.333. The maximum Gasteiger partial charge on any atom is 0.255 e. The lowest BCUT2D eigenvalue weighted by molar-refractivity contribution is 0.0236. The second-order valence-corrected chi connectivity index (χ2v) is 9.10. The summed E-state index contributed by atoms with van der Waals surface area (Å²) in [7, 11) is 0. The number of anilines is 1. The number of carbonyl (C=O) groups is 1. The monoisotopic (exact) mass is 482 g/mol. The van der Waals surface area contributed by atoms with Crippen molar-refractivity contribution >= 4 is 11.6 Å². The van der Waals surface area contributed by atoms with Crippen LogP contribution in [-0.4, -0.2) is 40.2 Å². The van der Waals surface area contributed by atoms with Crippen LogP contribution in [0.4, 0.5) is 5.69 Å². The summed E-state index contributed by atoms with van der Waals surface area (Å²) in [5, 5.41) is 21.9. The van der Waals surface area contributed by atoms with E-state index in [4.69, 9.17) is 9.47 Å². The number of hydrogen-bond donors (Lipinski definition) is 1. The highest BCUT2D eigenvalue weighted by molar-refractivity contribution is 6.04. The molecule has 1 amide bonds. The minimum Gasteiger partial charge on any atom is -0.473 e. The zero-order chi connectivity index (χ0) is 25.7. The summed E-state index contributed by atoms with van der Waals surface area (Å²) in [4.78, 5) is 26.0. The molecule has 1 N–H and O–H groups in total. The van der Waals surface area contributed by atoms with Crippen LogP contribution in [0.15, 0.2) is 42.9 Å². The molecule has 0 spiro atoms. The number of carbonyl (C=O) groups excluding carboxylic acids is 1. The van der Waals surface area contributed by atoms with Crippen LogP contribution >= 0.6 is 0 Å². The van der Waals surface area contributed by atoms with Crippen LogP contribution in [0, 0.1) is 29.6 Å². The van der Waals surface area contributed by atoms with Crippen molar-refractivity contribution < 1.29 is 14.3 Å². The summed E-state index contributed by atoms with van der Waals surface area (Å²) in [6.07, 6.45) is 6.21. The lowest BCUT2D eigenvalue weighted by atomic mass is 9.90. The van der Waals surface area contributed by atoms with Gasteiger partial charge in [-0.05, 0) is 45.0 Å². The first-order valence-corrected chi connectivity index (χ1v) is 11.6. The second-order valence-electron chi connectivity index (χ2n) is 9.10. The molecule has 0 aromatic carbocycles. The zero-order valence-corrected chi connectivity index (χ0v) is 20.4. The minimum absolute atomic E-state index is 0.0291. The van der Waals surface area contributed by atoms with E-state index in [2.05, 4.69) is 32.4 Å². The van der Waals surface area contributed by atoms with Crippen LogP contribution in [0.2, 0.25) is 0 Å². The van der Waals surface area contributed by atoms with Crippen molar-refractivity contribution in [1.29, 1.82) is 10.5 Å². The van der Waals surface area contributed by atoms with Crippen molar-refractivity contribution in [3.63, 3.8) is 0 Å². The molecule has 0 bridgehead atoms. The van der Waals surface area contributed by atoms with E-state index in [1.807, 2.05) is 6.92 Å². The van der Waals surface area contributed by atoms with Gasteiger partial charge in [-0.3, -0.25) is 14.8 Å². The van der Waals surface area contributed by atoms with Crippen molar-refractivity contribution in [3.8, 4) is 29.1 Å².